The Hall–Kier alpha value is -1.17. The third kappa shape index (κ3) is 1.91. The minimum Gasteiger partial charge on any atom is -0.367 e. The highest BCUT2D eigenvalue weighted by Crippen LogP contribution is 1.98. The smallest absolute Gasteiger partial charge is 0.240 e. The van der Waals surface area contributed by atoms with Crippen molar-refractivity contribution in [2.75, 3.05) is 19.8 Å². The van der Waals surface area contributed by atoms with Crippen LogP contribution in [0.3, 0.4) is 0 Å². The highest BCUT2D eigenvalue weighted by molar-refractivity contribution is 5.09. The first kappa shape index (κ1) is 8.92. The first-order chi connectivity index (χ1) is 5.61. The maximum atomic E-state index is 5.50. The summed E-state index contributed by atoms with van der Waals surface area (Å²) in [5, 5.41) is 10.8. The van der Waals surface area contributed by atoms with Crippen molar-refractivity contribution in [3.05, 3.63) is 0 Å². The van der Waals surface area contributed by atoms with Gasteiger partial charge in [-0.3, -0.25) is 0 Å². The summed E-state index contributed by atoms with van der Waals surface area (Å²) in [6, 6.07) is 0.371. The van der Waals surface area contributed by atoms with Crippen LogP contribution >= 0.6 is 0 Å². The molecule has 0 saturated heterocycles. The van der Waals surface area contributed by atoms with Gasteiger partial charge in [-0.25, -0.2) is 4.68 Å². The average molecular weight is 170 g/mol. The Balaban J connectivity index is 2.58. The highest BCUT2D eigenvalue weighted by Gasteiger charge is 2.08. The Kier molecular flexibility index (Phi) is 2.59. The lowest BCUT2D eigenvalue weighted by molar-refractivity contribution is 0.275. The van der Waals surface area contributed by atoms with Crippen LogP contribution in [-0.2, 0) is 6.54 Å². The predicted molar refractivity (Wildman–Crippen MR) is 45.4 cm³/mol. The summed E-state index contributed by atoms with van der Waals surface area (Å²) in [5.41, 5.74) is 5.50. The quantitative estimate of drug-likeness (QED) is 0.643. The molecule has 0 spiro atoms. The van der Waals surface area contributed by atoms with Crippen LogP contribution in [0.15, 0.2) is 0 Å². The van der Waals surface area contributed by atoms with Crippen molar-refractivity contribution in [2.24, 2.45) is 0 Å². The van der Waals surface area contributed by atoms with Gasteiger partial charge in [-0.15, -0.1) is 0 Å². The first-order valence-electron chi connectivity index (χ1n) is 3.79. The number of nitrogen functional groups attached to an aromatic ring is 1. The van der Waals surface area contributed by atoms with Crippen molar-refractivity contribution in [3.8, 4) is 0 Å². The number of nitrogens with zero attached hydrogens (tertiary/aromatic N) is 5. The van der Waals surface area contributed by atoms with Gasteiger partial charge in [-0.2, -0.15) is 0 Å². The van der Waals surface area contributed by atoms with Crippen molar-refractivity contribution in [1.29, 1.82) is 0 Å². The fourth-order valence-corrected chi connectivity index (χ4v) is 0.755. The van der Waals surface area contributed by atoms with Crippen LogP contribution < -0.4 is 5.73 Å². The molecule has 0 fully saturated rings. The molecule has 0 radical (unpaired) electrons. The van der Waals surface area contributed by atoms with Crippen molar-refractivity contribution in [1.82, 2.24) is 25.1 Å². The summed E-state index contributed by atoms with van der Waals surface area (Å²) >= 11 is 0. The van der Waals surface area contributed by atoms with E-state index in [4.69, 9.17) is 5.73 Å². The van der Waals surface area contributed by atoms with Gasteiger partial charge >= 0.3 is 0 Å². The van der Waals surface area contributed by atoms with Crippen LogP contribution in [0, 0.1) is 0 Å². The molecule has 0 amide bonds. The number of tetrazole rings is 1. The van der Waals surface area contributed by atoms with Crippen LogP contribution in [0.1, 0.15) is 6.92 Å². The largest absolute Gasteiger partial charge is 0.367 e. The van der Waals surface area contributed by atoms with Crippen LogP contribution in [-0.4, -0.2) is 45.2 Å². The Morgan fingerprint density at radius 3 is 2.67 bits per heavy atom. The molecule has 1 aromatic rings. The minimum atomic E-state index is 0.365. The summed E-state index contributed by atoms with van der Waals surface area (Å²) in [5.74, 6) is 0.365. The number of aromatic nitrogens is 4. The van der Waals surface area contributed by atoms with E-state index in [9.17, 15) is 0 Å². The number of hydrogen-bond acceptors (Lipinski definition) is 5. The monoisotopic (exact) mass is 170 g/mol. The highest BCUT2D eigenvalue weighted by atomic mass is 15.6. The van der Waals surface area contributed by atoms with E-state index in [0.717, 1.165) is 0 Å². The van der Waals surface area contributed by atoms with Gasteiger partial charge < -0.3 is 10.6 Å². The summed E-state index contributed by atoms with van der Waals surface area (Å²) in [6.07, 6.45) is 0. The molecule has 1 heterocycles. The topological polar surface area (TPSA) is 72.9 Å². The zero-order valence-electron chi connectivity index (χ0n) is 7.60. The maximum Gasteiger partial charge on any atom is 0.240 e. The molecule has 68 valence electrons. The second kappa shape index (κ2) is 3.48. The number of hydrogen-bond donors (Lipinski definition) is 1. The van der Waals surface area contributed by atoms with E-state index < -0.39 is 0 Å². The summed E-state index contributed by atoms with van der Waals surface area (Å²) < 4.78 is 1.59. The molecule has 0 bridgehead atoms. The van der Waals surface area contributed by atoms with Crippen molar-refractivity contribution in [2.45, 2.75) is 19.5 Å². The number of rotatable bonds is 3. The second-order valence-electron chi connectivity index (χ2n) is 3.03. The standard InChI is InChI=1S/C6H14N6/c1-5(11(2)3)4-12-6(7)8-9-10-12/h5H,4H2,1-3H3,(H2,7,8,10). The van der Waals surface area contributed by atoms with Gasteiger partial charge in [-0.1, -0.05) is 5.10 Å². The molecule has 1 rings (SSSR count). The Morgan fingerprint density at radius 2 is 2.25 bits per heavy atom. The van der Waals surface area contributed by atoms with E-state index in [1.54, 1.807) is 4.68 Å². The predicted octanol–water partition coefficient (Wildman–Crippen LogP) is -0.795. The molecule has 1 aromatic heterocycles. The van der Waals surface area contributed by atoms with Gasteiger partial charge in [0.1, 0.15) is 0 Å². The number of anilines is 1. The lowest BCUT2D eigenvalue weighted by Gasteiger charge is -2.18. The van der Waals surface area contributed by atoms with Crippen LogP contribution in [0.2, 0.25) is 0 Å². The van der Waals surface area contributed by atoms with Crippen molar-refractivity contribution < 1.29 is 0 Å². The van der Waals surface area contributed by atoms with E-state index in [1.165, 1.54) is 0 Å². The molecule has 1 unspecified atom stereocenters. The molecule has 1 atom stereocenters. The van der Waals surface area contributed by atoms with E-state index in [1.807, 2.05) is 14.1 Å². The molecule has 0 aliphatic rings. The summed E-state index contributed by atoms with van der Waals surface area (Å²) in [4.78, 5) is 2.08. The van der Waals surface area contributed by atoms with Crippen LogP contribution in [0.5, 0.6) is 0 Å². The summed E-state index contributed by atoms with van der Waals surface area (Å²) in [6.45, 7) is 2.80. The number of likely N-dealkylation sites (N-methyl/N-ethyl adjacent to an activating group) is 1. The van der Waals surface area contributed by atoms with Crippen molar-refractivity contribution in [3.63, 3.8) is 0 Å². The first-order valence-corrected chi connectivity index (χ1v) is 3.79. The Morgan fingerprint density at radius 1 is 1.58 bits per heavy atom. The van der Waals surface area contributed by atoms with Gasteiger partial charge in [0, 0.05) is 6.04 Å². The van der Waals surface area contributed by atoms with Crippen LogP contribution in [0.4, 0.5) is 5.95 Å². The minimum absolute atomic E-state index is 0.365. The zero-order valence-corrected chi connectivity index (χ0v) is 7.60. The molecule has 0 aliphatic carbocycles. The molecule has 6 heteroatoms. The number of nitrogens with two attached hydrogens (primary N) is 1. The van der Waals surface area contributed by atoms with Crippen LogP contribution in [0.25, 0.3) is 0 Å². The molecule has 12 heavy (non-hydrogen) atoms. The molecule has 6 nitrogen and oxygen atoms in total. The SMILES string of the molecule is CC(Cn1nnnc1N)N(C)C. The fourth-order valence-electron chi connectivity index (χ4n) is 0.755. The average Bonchev–Trinajstić information content (AvgIpc) is 2.36. The van der Waals surface area contributed by atoms with Gasteiger partial charge in [0.25, 0.3) is 0 Å². The molecule has 0 saturated carbocycles. The fraction of sp³-hybridized carbons (Fsp3) is 0.833. The van der Waals surface area contributed by atoms with E-state index >= 15 is 0 Å². The van der Waals surface area contributed by atoms with Gasteiger partial charge in [0.2, 0.25) is 5.95 Å². The normalized spacial score (nSPS) is 13.7. The van der Waals surface area contributed by atoms with E-state index in [0.29, 0.717) is 18.5 Å². The molecule has 0 aromatic carbocycles. The van der Waals surface area contributed by atoms with E-state index in [2.05, 4.69) is 27.3 Å². The van der Waals surface area contributed by atoms with Crippen molar-refractivity contribution >= 4 is 5.95 Å². The summed E-state index contributed by atoms with van der Waals surface area (Å²) in [7, 11) is 4.01. The third-order valence-electron chi connectivity index (χ3n) is 1.88. The molecule has 2 N–H and O–H groups in total. The van der Waals surface area contributed by atoms with Gasteiger partial charge in [0.05, 0.1) is 6.54 Å². The lowest BCUT2D eigenvalue weighted by Crippen LogP contribution is -2.30. The molecule has 0 aliphatic heterocycles. The molecular formula is C6H14N6. The second-order valence-corrected chi connectivity index (χ2v) is 3.03. The van der Waals surface area contributed by atoms with E-state index in [-0.39, 0.29) is 0 Å². The van der Waals surface area contributed by atoms with Gasteiger partial charge in [-0.05, 0) is 31.4 Å². The molecular weight excluding hydrogens is 156 g/mol. The zero-order chi connectivity index (χ0) is 9.14. The van der Waals surface area contributed by atoms with Gasteiger partial charge in [0.15, 0.2) is 0 Å². The third-order valence-corrected chi connectivity index (χ3v) is 1.88. The lowest BCUT2D eigenvalue weighted by atomic mass is 10.3. The Labute approximate surface area is 71.3 Å². The maximum absolute atomic E-state index is 5.50. The Bertz CT molecular complexity index is 242.